The number of anilines is 1. The van der Waals surface area contributed by atoms with Gasteiger partial charge in [0.1, 0.15) is 19.0 Å². The topological polar surface area (TPSA) is 87.9 Å². The smallest absolute Gasteiger partial charge is 0.248 e. The van der Waals surface area contributed by atoms with E-state index in [2.05, 4.69) is 15.5 Å². The van der Waals surface area contributed by atoms with Gasteiger partial charge in [0.15, 0.2) is 0 Å². The van der Waals surface area contributed by atoms with Crippen LogP contribution in [-0.2, 0) is 14.2 Å². The van der Waals surface area contributed by atoms with Gasteiger partial charge in [0.2, 0.25) is 11.8 Å². The third-order valence-corrected chi connectivity index (χ3v) is 4.41. The van der Waals surface area contributed by atoms with Crippen LogP contribution >= 0.6 is 0 Å². The van der Waals surface area contributed by atoms with Gasteiger partial charge in [-0.25, -0.2) is 4.39 Å². The first-order valence-electron chi connectivity index (χ1n) is 10.4. The third-order valence-electron chi connectivity index (χ3n) is 4.41. The molecule has 0 spiro atoms. The van der Waals surface area contributed by atoms with Crippen LogP contribution in [0.25, 0.3) is 22.9 Å². The maximum Gasteiger partial charge on any atom is 0.248 e. The number of hydrogen-bond acceptors (Lipinski definition) is 8. The quantitative estimate of drug-likeness (QED) is 0.353. The Kier molecular flexibility index (Phi) is 9.91. The predicted molar refractivity (Wildman–Crippen MR) is 119 cm³/mol. The number of benzene rings is 2. The summed E-state index contributed by atoms with van der Waals surface area (Å²) in [4.78, 5) is 0. The van der Waals surface area contributed by atoms with Crippen molar-refractivity contribution < 1.29 is 27.8 Å². The monoisotopic (exact) mass is 445 g/mol. The van der Waals surface area contributed by atoms with E-state index in [1.165, 1.54) is 0 Å². The molecule has 0 aliphatic heterocycles. The van der Waals surface area contributed by atoms with Gasteiger partial charge in [-0.15, -0.1) is 10.2 Å². The Hall–Kier alpha value is -3.01. The van der Waals surface area contributed by atoms with Gasteiger partial charge in [0.05, 0.1) is 39.6 Å². The summed E-state index contributed by atoms with van der Waals surface area (Å²) < 4.78 is 39.0. The highest BCUT2D eigenvalue weighted by Crippen LogP contribution is 2.26. The molecule has 0 atom stereocenters. The Labute approximate surface area is 186 Å². The average Bonchev–Trinajstić information content (AvgIpc) is 3.33. The zero-order valence-corrected chi connectivity index (χ0v) is 18.1. The first-order valence-corrected chi connectivity index (χ1v) is 10.4. The van der Waals surface area contributed by atoms with Crippen LogP contribution in [0, 0.1) is 0 Å². The maximum absolute atomic E-state index is 11.8. The number of halogens is 1. The summed E-state index contributed by atoms with van der Waals surface area (Å²) in [5.41, 5.74) is 2.68. The molecule has 1 heterocycles. The number of nitrogens with zero attached hydrogens (tertiary/aromatic N) is 2. The zero-order chi connectivity index (χ0) is 22.4. The van der Waals surface area contributed by atoms with E-state index in [1.807, 2.05) is 55.6 Å². The van der Waals surface area contributed by atoms with Crippen LogP contribution in [0.3, 0.4) is 0 Å². The number of ether oxygens (including phenoxy) is 4. The van der Waals surface area contributed by atoms with Gasteiger partial charge >= 0.3 is 0 Å². The maximum atomic E-state index is 11.8. The van der Waals surface area contributed by atoms with Crippen LogP contribution in [0.5, 0.6) is 5.75 Å². The van der Waals surface area contributed by atoms with E-state index in [4.69, 9.17) is 23.4 Å². The molecular formula is C23H28FN3O5. The number of alkyl halides is 1. The zero-order valence-electron chi connectivity index (χ0n) is 18.1. The lowest BCUT2D eigenvalue weighted by Crippen LogP contribution is -2.13. The predicted octanol–water partition coefficient (Wildman–Crippen LogP) is 3.84. The molecule has 0 unspecified atom stereocenters. The van der Waals surface area contributed by atoms with Crippen molar-refractivity contribution in [3.05, 3.63) is 48.5 Å². The summed E-state index contributed by atoms with van der Waals surface area (Å²) in [6.07, 6.45) is 0. The molecule has 8 nitrogen and oxygen atoms in total. The third kappa shape index (κ3) is 7.60. The molecule has 0 aliphatic carbocycles. The average molecular weight is 445 g/mol. The summed E-state index contributed by atoms with van der Waals surface area (Å²) in [5, 5.41) is 11.3. The summed E-state index contributed by atoms with van der Waals surface area (Å²) in [7, 11) is 1.87. The van der Waals surface area contributed by atoms with Crippen LogP contribution in [0.2, 0.25) is 0 Å². The summed E-state index contributed by atoms with van der Waals surface area (Å²) in [5.74, 6) is 1.64. The Morgan fingerprint density at radius 3 is 1.75 bits per heavy atom. The van der Waals surface area contributed by atoms with Crippen LogP contribution in [0.15, 0.2) is 52.9 Å². The molecule has 9 heteroatoms. The minimum absolute atomic E-state index is 0.111. The highest BCUT2D eigenvalue weighted by molar-refractivity contribution is 5.61. The molecule has 3 rings (SSSR count). The molecule has 0 fully saturated rings. The fourth-order valence-electron chi connectivity index (χ4n) is 2.74. The van der Waals surface area contributed by atoms with E-state index in [9.17, 15) is 4.39 Å². The summed E-state index contributed by atoms with van der Waals surface area (Å²) in [6.45, 7) is 2.24. The molecule has 1 aromatic heterocycles. The molecule has 1 N–H and O–H groups in total. The van der Waals surface area contributed by atoms with Crippen molar-refractivity contribution >= 4 is 5.69 Å². The van der Waals surface area contributed by atoms with Crippen molar-refractivity contribution in [2.45, 2.75) is 0 Å². The fraction of sp³-hybridized carbons (Fsp3) is 0.391. The second-order valence-electron chi connectivity index (χ2n) is 6.64. The van der Waals surface area contributed by atoms with E-state index in [1.54, 1.807) is 0 Å². The Balaban J connectivity index is 1.35. The lowest BCUT2D eigenvalue weighted by molar-refractivity contribution is 0.00750. The molecular weight excluding hydrogens is 417 g/mol. The second kappa shape index (κ2) is 13.4. The largest absolute Gasteiger partial charge is 0.491 e. The van der Waals surface area contributed by atoms with E-state index >= 15 is 0 Å². The Morgan fingerprint density at radius 1 is 0.719 bits per heavy atom. The van der Waals surface area contributed by atoms with Gasteiger partial charge in [-0.05, 0) is 48.5 Å². The lowest BCUT2D eigenvalue weighted by atomic mass is 10.2. The summed E-state index contributed by atoms with van der Waals surface area (Å²) >= 11 is 0. The van der Waals surface area contributed by atoms with Gasteiger partial charge in [-0.3, -0.25) is 0 Å². The first kappa shape index (κ1) is 23.6. The lowest BCUT2D eigenvalue weighted by Gasteiger charge is -2.08. The molecule has 3 aromatic rings. The van der Waals surface area contributed by atoms with Gasteiger partial charge in [0, 0.05) is 23.9 Å². The molecule has 0 saturated heterocycles. The van der Waals surface area contributed by atoms with Crippen molar-refractivity contribution in [2.75, 3.05) is 65.3 Å². The molecule has 0 radical (unpaired) electrons. The van der Waals surface area contributed by atoms with Crippen LogP contribution in [0.1, 0.15) is 0 Å². The van der Waals surface area contributed by atoms with Gasteiger partial charge in [0.25, 0.3) is 0 Å². The van der Waals surface area contributed by atoms with Gasteiger partial charge in [-0.1, -0.05) is 0 Å². The standard InChI is InChI=1S/C23H28FN3O5/c1-25-20-6-2-18(3-7-20)22-26-27-23(32-22)19-4-8-21(9-5-19)31-17-16-30-15-14-29-13-12-28-11-10-24/h2-9,25H,10-17H2,1H3. The second-order valence-corrected chi connectivity index (χ2v) is 6.64. The Bertz CT molecular complexity index is 903. The summed E-state index contributed by atoms with van der Waals surface area (Å²) in [6, 6.07) is 15.2. The SMILES string of the molecule is CNc1ccc(-c2nnc(-c3ccc(OCCOCCOCCOCCF)cc3)o2)cc1. The van der Waals surface area contributed by atoms with E-state index in [0.717, 1.165) is 22.6 Å². The first-order chi connectivity index (χ1) is 15.8. The van der Waals surface area contributed by atoms with Crippen molar-refractivity contribution in [2.24, 2.45) is 0 Å². The van der Waals surface area contributed by atoms with Crippen molar-refractivity contribution in [3.8, 4) is 28.7 Å². The number of aromatic nitrogens is 2. The van der Waals surface area contributed by atoms with Crippen LogP contribution in [-0.4, -0.2) is 70.2 Å². The molecule has 2 aromatic carbocycles. The molecule has 0 bridgehead atoms. The highest BCUT2D eigenvalue weighted by Gasteiger charge is 2.10. The molecule has 0 amide bonds. The molecule has 172 valence electrons. The molecule has 0 aliphatic rings. The number of nitrogens with one attached hydrogen (secondary N) is 1. The fourth-order valence-corrected chi connectivity index (χ4v) is 2.74. The number of rotatable bonds is 15. The van der Waals surface area contributed by atoms with E-state index < -0.39 is 6.67 Å². The van der Waals surface area contributed by atoms with E-state index in [-0.39, 0.29) is 6.61 Å². The van der Waals surface area contributed by atoms with E-state index in [0.29, 0.717) is 51.4 Å². The van der Waals surface area contributed by atoms with Crippen molar-refractivity contribution in [1.82, 2.24) is 10.2 Å². The number of hydrogen-bond donors (Lipinski definition) is 1. The highest BCUT2D eigenvalue weighted by atomic mass is 19.1. The van der Waals surface area contributed by atoms with Crippen molar-refractivity contribution in [1.29, 1.82) is 0 Å². The van der Waals surface area contributed by atoms with Crippen LogP contribution < -0.4 is 10.1 Å². The minimum atomic E-state index is -0.476. The van der Waals surface area contributed by atoms with Gasteiger partial charge in [-0.2, -0.15) is 0 Å². The Morgan fingerprint density at radius 2 is 1.22 bits per heavy atom. The minimum Gasteiger partial charge on any atom is -0.491 e. The molecule has 0 saturated carbocycles. The van der Waals surface area contributed by atoms with Gasteiger partial charge < -0.3 is 28.7 Å². The normalized spacial score (nSPS) is 10.9. The van der Waals surface area contributed by atoms with Crippen molar-refractivity contribution in [3.63, 3.8) is 0 Å². The van der Waals surface area contributed by atoms with Crippen LogP contribution in [0.4, 0.5) is 10.1 Å². The molecule has 32 heavy (non-hydrogen) atoms.